The van der Waals surface area contributed by atoms with Gasteiger partial charge in [0.25, 0.3) is 0 Å². The Kier molecular flexibility index (Phi) is 8.79. The van der Waals surface area contributed by atoms with E-state index in [0.717, 1.165) is 55.7 Å². The number of rotatable bonds is 5. The summed E-state index contributed by atoms with van der Waals surface area (Å²) in [4.78, 5) is 19.2. The zero-order chi connectivity index (χ0) is 39.8. The van der Waals surface area contributed by atoms with E-state index < -0.39 is 0 Å². The van der Waals surface area contributed by atoms with E-state index in [9.17, 15) is 0 Å². The van der Waals surface area contributed by atoms with Crippen LogP contribution in [0.5, 0.6) is 0 Å². The molecule has 0 unspecified atom stereocenters. The highest BCUT2D eigenvalue weighted by Crippen LogP contribution is 2.38. The van der Waals surface area contributed by atoms with E-state index in [1.807, 2.05) is 24.5 Å². The summed E-state index contributed by atoms with van der Waals surface area (Å²) in [5, 5.41) is 11.9. The van der Waals surface area contributed by atoms with E-state index in [2.05, 4.69) is 192 Å². The molecule has 0 spiro atoms. The molecule has 8 aromatic carbocycles. The third-order valence-electron chi connectivity index (χ3n) is 11.5. The van der Waals surface area contributed by atoms with Crippen molar-refractivity contribution in [3.05, 3.63) is 219 Å². The number of hydrogen-bond donors (Lipinski definition) is 0. The molecule has 3 aromatic heterocycles. The Hall–Kier alpha value is -8.08. The summed E-state index contributed by atoms with van der Waals surface area (Å²) in [6.07, 6.45) is 7.37. The van der Waals surface area contributed by atoms with Crippen LogP contribution in [0.25, 0.3) is 110 Å². The molecule has 0 saturated heterocycles. The van der Waals surface area contributed by atoms with E-state index in [0.29, 0.717) is 5.82 Å². The predicted molar refractivity (Wildman–Crippen MR) is 250 cm³/mol. The molecule has 60 heavy (non-hydrogen) atoms. The molecular formula is C56H36N4. The van der Waals surface area contributed by atoms with Crippen molar-refractivity contribution in [3.63, 3.8) is 0 Å². The summed E-state index contributed by atoms with van der Waals surface area (Å²) in [6, 6.07) is 69.2. The average Bonchev–Trinajstić information content (AvgIpc) is 3.34. The minimum Gasteiger partial charge on any atom is -0.264 e. The molecule has 280 valence electrons. The number of hydrogen-bond acceptors (Lipinski definition) is 4. The van der Waals surface area contributed by atoms with Crippen molar-refractivity contribution in [2.45, 2.75) is 0 Å². The fraction of sp³-hybridized carbons (Fsp3) is 0. The van der Waals surface area contributed by atoms with Gasteiger partial charge in [0.15, 0.2) is 5.82 Å². The van der Waals surface area contributed by atoms with Crippen LogP contribution < -0.4 is 0 Å². The number of benzene rings is 7. The zero-order valence-corrected chi connectivity index (χ0v) is 32.6. The van der Waals surface area contributed by atoms with Gasteiger partial charge in [-0.25, -0.2) is 9.97 Å². The molecule has 4 nitrogen and oxygen atoms in total. The lowest BCUT2D eigenvalue weighted by atomic mass is 9.93. The quantitative estimate of drug-likeness (QED) is 0.175. The molecule has 0 fully saturated rings. The summed E-state index contributed by atoms with van der Waals surface area (Å²) in [7, 11) is 0. The van der Waals surface area contributed by atoms with Crippen LogP contribution in [0.3, 0.4) is 0 Å². The highest BCUT2D eigenvalue weighted by atomic mass is 14.9. The monoisotopic (exact) mass is 764 g/mol. The lowest BCUT2D eigenvalue weighted by molar-refractivity contribution is 1.18. The summed E-state index contributed by atoms with van der Waals surface area (Å²) >= 11 is 0. The maximum absolute atomic E-state index is 5.33. The molecule has 0 bridgehead atoms. The topological polar surface area (TPSA) is 51.6 Å². The minimum atomic E-state index is 0.660. The van der Waals surface area contributed by atoms with E-state index in [4.69, 9.17) is 9.97 Å². The summed E-state index contributed by atoms with van der Waals surface area (Å²) in [5.41, 5.74) is 8.97. The van der Waals surface area contributed by atoms with Gasteiger partial charge in [-0.05, 0) is 100 Å². The Morgan fingerprint density at radius 1 is 0.233 bits per heavy atom. The van der Waals surface area contributed by atoms with Crippen molar-refractivity contribution in [2.24, 2.45) is 0 Å². The average molecular weight is 765 g/mol. The Morgan fingerprint density at radius 3 is 1.00 bits per heavy atom. The fourth-order valence-electron chi connectivity index (χ4n) is 8.56. The van der Waals surface area contributed by atoms with Crippen molar-refractivity contribution < 1.29 is 0 Å². The maximum atomic E-state index is 5.33. The van der Waals surface area contributed by atoms with Gasteiger partial charge in [-0.1, -0.05) is 170 Å². The number of fused-ring (bicyclic) bond motifs is 10. The van der Waals surface area contributed by atoms with Gasteiger partial charge in [0.1, 0.15) is 0 Å². The largest absolute Gasteiger partial charge is 0.264 e. The first-order valence-corrected chi connectivity index (χ1v) is 20.2. The number of nitrogens with zero attached hydrogens (tertiary/aromatic N) is 4. The molecule has 0 atom stereocenters. The molecule has 0 amide bonds. The van der Waals surface area contributed by atoms with Crippen molar-refractivity contribution in [1.29, 1.82) is 0 Å². The Bertz CT molecular complexity index is 3280. The molecule has 11 aromatic rings. The predicted octanol–water partition coefficient (Wildman–Crippen LogP) is 14.5. The van der Waals surface area contributed by atoms with Crippen molar-refractivity contribution in [3.8, 4) is 56.2 Å². The van der Waals surface area contributed by atoms with Crippen LogP contribution in [0.1, 0.15) is 0 Å². The number of aromatic nitrogens is 4. The summed E-state index contributed by atoms with van der Waals surface area (Å²) < 4.78 is 0. The molecule has 0 saturated carbocycles. The van der Waals surface area contributed by atoms with E-state index in [1.165, 1.54) is 48.5 Å². The second kappa shape index (κ2) is 15.0. The Morgan fingerprint density at radius 2 is 0.583 bits per heavy atom. The third kappa shape index (κ3) is 6.37. The second-order valence-corrected chi connectivity index (χ2v) is 15.0. The lowest BCUT2D eigenvalue weighted by Gasteiger charge is -2.13. The van der Waals surface area contributed by atoms with Crippen LogP contribution in [-0.4, -0.2) is 19.9 Å². The Balaban J connectivity index is 1.18. The van der Waals surface area contributed by atoms with Crippen molar-refractivity contribution in [2.75, 3.05) is 0 Å². The van der Waals surface area contributed by atoms with Gasteiger partial charge in [-0.3, -0.25) is 9.97 Å². The fourth-order valence-corrected chi connectivity index (χ4v) is 8.56. The van der Waals surface area contributed by atoms with Crippen LogP contribution >= 0.6 is 0 Å². The van der Waals surface area contributed by atoms with Gasteiger partial charge >= 0.3 is 0 Å². The molecule has 0 aliphatic rings. The van der Waals surface area contributed by atoms with Gasteiger partial charge in [-0.2, -0.15) is 0 Å². The SMILES string of the molecule is c1cncc(-c2ccc(-c3cc(-c4ccc5c6ccccc6c6ccccc6c6ccccc6c6ccccc6c5c4)nc(-c4ccc(-c5cccnc5)cc4)n3)cc2)c1. The maximum Gasteiger partial charge on any atom is 0.160 e. The molecular weight excluding hydrogens is 729 g/mol. The summed E-state index contributed by atoms with van der Waals surface area (Å²) in [6.45, 7) is 0. The van der Waals surface area contributed by atoms with Crippen molar-refractivity contribution in [1.82, 2.24) is 19.9 Å². The number of pyridine rings is 2. The van der Waals surface area contributed by atoms with E-state index in [1.54, 1.807) is 12.4 Å². The molecule has 11 rings (SSSR count). The van der Waals surface area contributed by atoms with Crippen LogP contribution in [0.4, 0.5) is 0 Å². The van der Waals surface area contributed by atoms with Crippen molar-refractivity contribution >= 4 is 53.9 Å². The highest BCUT2D eigenvalue weighted by molar-refractivity contribution is 6.26. The van der Waals surface area contributed by atoms with Gasteiger partial charge < -0.3 is 0 Å². The van der Waals surface area contributed by atoms with Gasteiger partial charge in [0, 0.05) is 41.5 Å². The molecule has 0 aliphatic carbocycles. The van der Waals surface area contributed by atoms with Gasteiger partial charge in [0.2, 0.25) is 0 Å². The molecule has 3 heterocycles. The third-order valence-corrected chi connectivity index (χ3v) is 11.5. The normalized spacial score (nSPS) is 11.3. The first-order chi connectivity index (χ1) is 29.7. The molecule has 0 radical (unpaired) electrons. The van der Waals surface area contributed by atoms with Crippen LogP contribution in [0.2, 0.25) is 0 Å². The smallest absolute Gasteiger partial charge is 0.160 e. The zero-order valence-electron chi connectivity index (χ0n) is 32.6. The highest BCUT2D eigenvalue weighted by Gasteiger charge is 2.14. The van der Waals surface area contributed by atoms with E-state index >= 15 is 0 Å². The second-order valence-electron chi connectivity index (χ2n) is 15.0. The molecule has 4 heteroatoms. The summed E-state index contributed by atoms with van der Waals surface area (Å²) in [5.74, 6) is 0.660. The van der Waals surface area contributed by atoms with Gasteiger partial charge in [-0.15, -0.1) is 0 Å². The van der Waals surface area contributed by atoms with Crippen LogP contribution in [0.15, 0.2) is 219 Å². The molecule has 0 N–H and O–H groups in total. The first-order valence-electron chi connectivity index (χ1n) is 20.2. The lowest BCUT2D eigenvalue weighted by Crippen LogP contribution is -1.96. The van der Waals surface area contributed by atoms with Crippen LogP contribution in [0, 0.1) is 0 Å². The standard InChI is InChI=1S/C56H36N4/c1-2-15-46-44(13-1)45-14-3-4-16-47(45)49-18-7-8-20-51(49)53-33-41(29-30-52(53)50-19-6-5-17-48(46)50)55-34-54(39-25-21-37(22-26-39)42-11-9-31-57-35-42)59-56(60-55)40-27-23-38(24-28-40)43-12-10-32-58-36-43/h1-36H. The van der Waals surface area contributed by atoms with Crippen LogP contribution in [-0.2, 0) is 0 Å². The minimum absolute atomic E-state index is 0.660. The molecule has 0 aliphatic heterocycles. The first kappa shape index (κ1) is 35.1. The van der Waals surface area contributed by atoms with Gasteiger partial charge in [0.05, 0.1) is 11.4 Å². The van der Waals surface area contributed by atoms with E-state index in [-0.39, 0.29) is 0 Å². The Labute approximate surface area is 347 Å².